The van der Waals surface area contributed by atoms with Gasteiger partial charge >= 0.3 is 0 Å². The van der Waals surface area contributed by atoms with Gasteiger partial charge < -0.3 is 4.74 Å². The van der Waals surface area contributed by atoms with Gasteiger partial charge in [0.05, 0.1) is 5.02 Å². The second-order valence-corrected chi connectivity index (χ2v) is 5.20. The van der Waals surface area contributed by atoms with Crippen molar-refractivity contribution in [2.75, 3.05) is 6.61 Å². The van der Waals surface area contributed by atoms with Crippen LogP contribution < -0.4 is 0 Å². The highest BCUT2D eigenvalue weighted by atomic mass is 35.5. The largest absolute Gasteiger partial charge is 0.370 e. The Morgan fingerprint density at radius 3 is 2.47 bits per heavy atom. The summed E-state index contributed by atoms with van der Waals surface area (Å²) < 4.78 is 5.46. The Bertz CT molecular complexity index is 402. The molecule has 0 heterocycles. The molecule has 0 amide bonds. The first kappa shape index (κ1) is 14.5. The van der Waals surface area contributed by atoms with Gasteiger partial charge in [-0.25, -0.2) is 0 Å². The molecule has 0 aliphatic rings. The van der Waals surface area contributed by atoms with E-state index in [0.717, 1.165) is 0 Å². The molecule has 1 aromatic rings. The van der Waals surface area contributed by atoms with Crippen LogP contribution in [-0.2, 0) is 4.74 Å². The van der Waals surface area contributed by atoms with Crippen molar-refractivity contribution in [3.8, 4) is 0 Å². The minimum atomic E-state index is -0.490. The summed E-state index contributed by atoms with van der Waals surface area (Å²) in [5, 5.41) is 0.879. The topological polar surface area (TPSA) is 26.3 Å². The number of Topliss-reactive ketones (excluding diaryl/α,β-unsaturated/α-hetero) is 1. The van der Waals surface area contributed by atoms with Gasteiger partial charge in [0, 0.05) is 17.2 Å². The van der Waals surface area contributed by atoms with E-state index in [1.165, 1.54) is 0 Å². The average molecular weight is 275 g/mol. The van der Waals surface area contributed by atoms with E-state index < -0.39 is 6.10 Å². The maximum Gasteiger partial charge on any atom is 0.192 e. The van der Waals surface area contributed by atoms with Crippen molar-refractivity contribution in [3.63, 3.8) is 0 Å². The zero-order valence-corrected chi connectivity index (χ0v) is 11.7. The predicted molar refractivity (Wildman–Crippen MR) is 71.0 cm³/mol. The first-order valence-corrected chi connectivity index (χ1v) is 6.28. The number of ketones is 1. The molecular weight excluding hydrogens is 259 g/mol. The third-order valence-electron chi connectivity index (χ3n) is 2.25. The lowest BCUT2D eigenvalue weighted by Gasteiger charge is -2.14. The zero-order chi connectivity index (χ0) is 13.0. The van der Waals surface area contributed by atoms with Crippen molar-refractivity contribution in [2.24, 2.45) is 5.92 Å². The van der Waals surface area contributed by atoms with E-state index >= 15 is 0 Å². The molecule has 1 rings (SSSR count). The number of carbonyl (C=O) groups is 1. The van der Waals surface area contributed by atoms with Crippen LogP contribution in [0.2, 0.25) is 10.0 Å². The van der Waals surface area contributed by atoms with Gasteiger partial charge in [-0.1, -0.05) is 37.0 Å². The van der Waals surface area contributed by atoms with Crippen LogP contribution in [0.4, 0.5) is 0 Å². The third kappa shape index (κ3) is 4.30. The predicted octanol–water partition coefficient (Wildman–Crippen LogP) is 4.24. The van der Waals surface area contributed by atoms with Crippen molar-refractivity contribution in [1.29, 1.82) is 0 Å². The molecule has 0 aliphatic carbocycles. The van der Waals surface area contributed by atoms with Gasteiger partial charge in [0.25, 0.3) is 0 Å². The molecule has 94 valence electrons. The van der Waals surface area contributed by atoms with E-state index in [1.54, 1.807) is 25.1 Å². The monoisotopic (exact) mass is 274 g/mol. The van der Waals surface area contributed by atoms with Crippen LogP contribution in [0.1, 0.15) is 31.1 Å². The number of hydrogen-bond acceptors (Lipinski definition) is 2. The Labute approximate surface area is 112 Å². The van der Waals surface area contributed by atoms with E-state index in [9.17, 15) is 4.79 Å². The maximum absolute atomic E-state index is 12.0. The average Bonchev–Trinajstić information content (AvgIpc) is 2.25. The molecule has 0 radical (unpaired) electrons. The molecule has 0 aromatic heterocycles. The van der Waals surface area contributed by atoms with Crippen molar-refractivity contribution >= 4 is 29.0 Å². The Kier molecular flexibility index (Phi) is 5.44. The summed E-state index contributed by atoms with van der Waals surface area (Å²) in [5.74, 6) is 0.276. The van der Waals surface area contributed by atoms with Crippen LogP contribution in [-0.4, -0.2) is 18.5 Å². The van der Waals surface area contributed by atoms with E-state index in [2.05, 4.69) is 0 Å². The smallest absolute Gasteiger partial charge is 0.192 e. The Morgan fingerprint density at radius 1 is 1.29 bits per heavy atom. The van der Waals surface area contributed by atoms with Gasteiger partial charge in [0.15, 0.2) is 5.78 Å². The second kappa shape index (κ2) is 6.39. The fraction of sp³-hybridized carbons (Fsp3) is 0.462. The van der Waals surface area contributed by atoms with Gasteiger partial charge in [0.1, 0.15) is 6.10 Å². The van der Waals surface area contributed by atoms with Crippen LogP contribution in [0, 0.1) is 5.92 Å². The summed E-state index contributed by atoms with van der Waals surface area (Å²) >= 11 is 11.7. The highest BCUT2D eigenvalue weighted by molar-refractivity contribution is 6.37. The molecule has 0 bridgehead atoms. The van der Waals surface area contributed by atoms with Crippen molar-refractivity contribution in [3.05, 3.63) is 33.8 Å². The van der Waals surface area contributed by atoms with Crippen LogP contribution in [0.5, 0.6) is 0 Å². The van der Waals surface area contributed by atoms with Crippen molar-refractivity contribution in [1.82, 2.24) is 0 Å². The molecule has 1 aromatic carbocycles. The first-order chi connectivity index (χ1) is 7.91. The number of carbonyl (C=O) groups excluding carboxylic acids is 1. The molecule has 1 unspecified atom stereocenters. The van der Waals surface area contributed by atoms with Crippen LogP contribution >= 0.6 is 23.2 Å². The van der Waals surface area contributed by atoms with E-state index in [4.69, 9.17) is 27.9 Å². The summed E-state index contributed by atoms with van der Waals surface area (Å²) in [5.41, 5.74) is 0.451. The molecule has 0 spiro atoms. The van der Waals surface area contributed by atoms with Gasteiger partial charge in [-0.3, -0.25) is 4.79 Å². The SMILES string of the molecule is CC(C)COC(C)C(=O)c1ccc(Cl)cc1Cl. The summed E-state index contributed by atoms with van der Waals surface area (Å²) in [4.78, 5) is 12.0. The molecule has 1 atom stereocenters. The summed E-state index contributed by atoms with van der Waals surface area (Å²) in [6.45, 7) is 6.35. The van der Waals surface area contributed by atoms with Gasteiger partial charge in [-0.15, -0.1) is 0 Å². The molecule has 4 heteroatoms. The minimum absolute atomic E-state index is 0.118. The van der Waals surface area contributed by atoms with Crippen LogP contribution in [0.25, 0.3) is 0 Å². The number of halogens is 2. The maximum atomic E-state index is 12.0. The lowest BCUT2D eigenvalue weighted by Crippen LogP contribution is -2.23. The Morgan fingerprint density at radius 2 is 1.94 bits per heavy atom. The fourth-order valence-corrected chi connectivity index (χ4v) is 1.82. The van der Waals surface area contributed by atoms with E-state index in [-0.39, 0.29) is 5.78 Å². The second-order valence-electron chi connectivity index (χ2n) is 4.36. The number of ether oxygens (including phenoxy) is 1. The molecule has 17 heavy (non-hydrogen) atoms. The van der Waals surface area contributed by atoms with Crippen molar-refractivity contribution < 1.29 is 9.53 Å². The Balaban J connectivity index is 2.75. The molecule has 0 N–H and O–H groups in total. The van der Waals surface area contributed by atoms with Crippen LogP contribution in [0.3, 0.4) is 0 Å². The highest BCUT2D eigenvalue weighted by Gasteiger charge is 2.18. The zero-order valence-electron chi connectivity index (χ0n) is 10.2. The fourth-order valence-electron chi connectivity index (χ4n) is 1.32. The number of rotatable bonds is 5. The molecule has 0 saturated heterocycles. The molecule has 2 nitrogen and oxygen atoms in total. The van der Waals surface area contributed by atoms with Gasteiger partial charge in [0.2, 0.25) is 0 Å². The Hall–Kier alpha value is -0.570. The number of hydrogen-bond donors (Lipinski definition) is 0. The molecule has 0 fully saturated rings. The summed E-state index contributed by atoms with van der Waals surface area (Å²) in [7, 11) is 0. The van der Waals surface area contributed by atoms with E-state index in [0.29, 0.717) is 28.1 Å². The molecule has 0 saturated carbocycles. The van der Waals surface area contributed by atoms with Crippen LogP contribution in [0.15, 0.2) is 18.2 Å². The quantitative estimate of drug-likeness (QED) is 0.751. The number of benzene rings is 1. The molecule has 0 aliphatic heterocycles. The third-order valence-corrected chi connectivity index (χ3v) is 2.79. The normalized spacial score (nSPS) is 12.8. The summed E-state index contributed by atoms with van der Waals surface area (Å²) in [6, 6.07) is 4.84. The summed E-state index contributed by atoms with van der Waals surface area (Å²) in [6.07, 6.45) is -0.490. The standard InChI is InChI=1S/C13H16Cl2O2/c1-8(2)7-17-9(3)13(16)11-5-4-10(14)6-12(11)15/h4-6,8-9H,7H2,1-3H3. The lowest BCUT2D eigenvalue weighted by molar-refractivity contribution is 0.0386. The molecular formula is C13H16Cl2O2. The van der Waals surface area contributed by atoms with Gasteiger partial charge in [-0.2, -0.15) is 0 Å². The minimum Gasteiger partial charge on any atom is -0.370 e. The van der Waals surface area contributed by atoms with Crippen molar-refractivity contribution in [2.45, 2.75) is 26.9 Å². The highest BCUT2D eigenvalue weighted by Crippen LogP contribution is 2.22. The van der Waals surface area contributed by atoms with Gasteiger partial charge in [-0.05, 0) is 31.0 Å². The lowest BCUT2D eigenvalue weighted by atomic mass is 10.1. The van der Waals surface area contributed by atoms with E-state index in [1.807, 2.05) is 13.8 Å². The first-order valence-electron chi connectivity index (χ1n) is 5.52.